The lowest BCUT2D eigenvalue weighted by Gasteiger charge is -2.73. The second-order valence-electron chi connectivity index (χ2n) is 14.7. The van der Waals surface area contributed by atoms with Crippen LogP contribution < -0.4 is 0 Å². The molecule has 0 bridgehead atoms. The average molecular weight is 427 g/mol. The largest absolute Gasteiger partial charge is 0.393 e. The lowest BCUT2D eigenvalue weighted by atomic mass is 9.32. The molecule has 0 aromatic heterocycles. The monoisotopic (exact) mass is 426 g/mol. The Morgan fingerprint density at radius 3 is 2.13 bits per heavy atom. The van der Waals surface area contributed by atoms with Crippen LogP contribution in [0.25, 0.3) is 0 Å². The lowest BCUT2D eigenvalue weighted by molar-refractivity contribution is -0.246. The van der Waals surface area contributed by atoms with Gasteiger partial charge >= 0.3 is 0 Å². The van der Waals surface area contributed by atoms with Crippen molar-refractivity contribution in [3.8, 4) is 0 Å². The molecule has 5 aliphatic carbocycles. The van der Waals surface area contributed by atoms with Gasteiger partial charge in [-0.3, -0.25) is 0 Å². The minimum absolute atomic E-state index is 0.0632. The minimum atomic E-state index is -0.118. The maximum Gasteiger partial charge on any atom is 0.0594 e. The Kier molecular flexibility index (Phi) is 4.82. The van der Waals surface area contributed by atoms with E-state index >= 15 is 0 Å². The zero-order chi connectivity index (χ0) is 22.6. The van der Waals surface area contributed by atoms with Crippen LogP contribution in [-0.4, -0.2) is 11.2 Å². The number of aliphatic hydroxyl groups is 1. The third kappa shape index (κ3) is 2.65. The second-order valence-corrected chi connectivity index (χ2v) is 14.7. The number of fused-ring (bicyclic) bond motifs is 7. The number of hydrogen-bond acceptors (Lipinski definition) is 1. The van der Waals surface area contributed by atoms with Crippen molar-refractivity contribution in [1.29, 1.82) is 0 Å². The van der Waals surface area contributed by atoms with Crippen molar-refractivity contribution in [3.05, 3.63) is 12.2 Å². The quantitative estimate of drug-likeness (QED) is 0.421. The van der Waals surface area contributed by atoms with Gasteiger partial charge in [-0.15, -0.1) is 0 Å². The lowest BCUT2D eigenvalue weighted by Crippen LogP contribution is -2.66. The standard InChI is InChI=1S/C30H50O/c1-19(2)20-11-14-27(5)17-18-29(7)21(25(20)27)9-10-23-28(6)15-13-24(31)26(3,4)22(28)12-16-30(23,29)8/h20-25,31H,1,9-18H2,2-8H3/t20-,21+,22-,23-,24-,25+,27+,28-,29+,30+/m0/s1. The molecule has 176 valence electrons. The van der Waals surface area contributed by atoms with E-state index in [-0.39, 0.29) is 11.5 Å². The Morgan fingerprint density at radius 2 is 1.45 bits per heavy atom. The first-order chi connectivity index (χ1) is 14.3. The van der Waals surface area contributed by atoms with Crippen LogP contribution in [0.15, 0.2) is 12.2 Å². The van der Waals surface area contributed by atoms with Crippen LogP contribution in [0.4, 0.5) is 0 Å². The van der Waals surface area contributed by atoms with E-state index < -0.39 is 0 Å². The molecule has 0 spiro atoms. The highest BCUT2D eigenvalue weighted by molar-refractivity contribution is 5.21. The van der Waals surface area contributed by atoms with Crippen LogP contribution in [0, 0.1) is 56.7 Å². The predicted octanol–water partition coefficient (Wildman–Crippen LogP) is 8.02. The number of rotatable bonds is 1. The first kappa shape index (κ1) is 22.5. The summed E-state index contributed by atoms with van der Waals surface area (Å²) < 4.78 is 0. The summed E-state index contributed by atoms with van der Waals surface area (Å²) in [6, 6.07) is 0. The molecular weight excluding hydrogens is 376 g/mol. The van der Waals surface area contributed by atoms with Crippen LogP contribution in [0.2, 0.25) is 0 Å². The van der Waals surface area contributed by atoms with Crippen LogP contribution in [0.1, 0.15) is 113 Å². The van der Waals surface area contributed by atoms with Gasteiger partial charge in [-0.25, -0.2) is 0 Å². The van der Waals surface area contributed by atoms with Gasteiger partial charge in [0.25, 0.3) is 0 Å². The Morgan fingerprint density at radius 1 is 0.742 bits per heavy atom. The van der Waals surface area contributed by atoms with Crippen molar-refractivity contribution >= 4 is 0 Å². The van der Waals surface area contributed by atoms with E-state index in [1.54, 1.807) is 0 Å². The molecule has 1 nitrogen and oxygen atoms in total. The molecule has 0 saturated heterocycles. The molecule has 1 N–H and O–H groups in total. The summed E-state index contributed by atoms with van der Waals surface area (Å²) in [7, 11) is 0. The van der Waals surface area contributed by atoms with Crippen molar-refractivity contribution in [3.63, 3.8) is 0 Å². The van der Waals surface area contributed by atoms with Crippen LogP contribution in [0.5, 0.6) is 0 Å². The maximum absolute atomic E-state index is 10.9. The first-order valence-electron chi connectivity index (χ1n) is 13.6. The average Bonchev–Trinajstić information content (AvgIpc) is 3.04. The summed E-state index contributed by atoms with van der Waals surface area (Å²) >= 11 is 0. The predicted molar refractivity (Wildman–Crippen MR) is 131 cm³/mol. The molecule has 5 rings (SSSR count). The molecule has 0 aliphatic heterocycles. The molecule has 5 aliphatic rings. The molecule has 0 amide bonds. The molecule has 31 heavy (non-hydrogen) atoms. The van der Waals surface area contributed by atoms with E-state index in [9.17, 15) is 5.11 Å². The van der Waals surface area contributed by atoms with E-state index in [1.807, 2.05) is 0 Å². The third-order valence-electron chi connectivity index (χ3n) is 13.5. The Bertz CT molecular complexity index is 766. The number of allylic oxidation sites excluding steroid dienone is 1. The van der Waals surface area contributed by atoms with E-state index in [1.165, 1.54) is 63.4 Å². The van der Waals surface area contributed by atoms with Gasteiger partial charge in [-0.05, 0) is 128 Å². The Balaban J connectivity index is 1.54. The topological polar surface area (TPSA) is 20.2 Å². The first-order valence-corrected chi connectivity index (χ1v) is 13.6. The number of aliphatic hydroxyl groups excluding tert-OH is 1. The van der Waals surface area contributed by atoms with Crippen LogP contribution in [0.3, 0.4) is 0 Å². The molecule has 0 aromatic carbocycles. The summed E-state index contributed by atoms with van der Waals surface area (Å²) in [5, 5.41) is 10.9. The molecule has 5 fully saturated rings. The zero-order valence-corrected chi connectivity index (χ0v) is 21.7. The fourth-order valence-corrected chi connectivity index (χ4v) is 11.5. The third-order valence-corrected chi connectivity index (χ3v) is 13.5. The van der Waals surface area contributed by atoms with E-state index in [4.69, 9.17) is 0 Å². The van der Waals surface area contributed by atoms with Crippen molar-refractivity contribution in [2.75, 3.05) is 0 Å². The molecular formula is C30H50O. The molecule has 10 atom stereocenters. The molecule has 1 heteroatoms. The van der Waals surface area contributed by atoms with Gasteiger partial charge in [0.15, 0.2) is 0 Å². The molecule has 0 unspecified atom stereocenters. The smallest absolute Gasteiger partial charge is 0.0594 e. The second kappa shape index (κ2) is 6.64. The van der Waals surface area contributed by atoms with Crippen molar-refractivity contribution < 1.29 is 5.11 Å². The maximum atomic E-state index is 10.9. The molecule has 0 aromatic rings. The van der Waals surface area contributed by atoms with Gasteiger partial charge in [-0.1, -0.05) is 53.7 Å². The SMILES string of the molecule is C=C(C)[C@@H]1CC[C@]2(C)CC[C@]3(C)[C@H](CC[C@H]4[C@@]5(C)CC[C@H](O)C(C)(C)[C@@H]5CC[C@]43C)[C@@H]12. The summed E-state index contributed by atoms with van der Waals surface area (Å²) in [6.07, 6.45) is 13.4. The fourth-order valence-electron chi connectivity index (χ4n) is 11.5. The van der Waals surface area contributed by atoms with Gasteiger partial charge in [0.1, 0.15) is 0 Å². The van der Waals surface area contributed by atoms with E-state index in [0.29, 0.717) is 27.6 Å². The fraction of sp³-hybridized carbons (Fsp3) is 0.933. The summed E-state index contributed by atoms with van der Waals surface area (Å²) in [4.78, 5) is 0. The van der Waals surface area contributed by atoms with E-state index in [2.05, 4.69) is 55.0 Å². The number of hydrogen-bond donors (Lipinski definition) is 1. The molecule has 0 heterocycles. The highest BCUT2D eigenvalue weighted by atomic mass is 16.3. The Hall–Kier alpha value is -0.300. The van der Waals surface area contributed by atoms with Crippen molar-refractivity contribution in [2.45, 2.75) is 119 Å². The van der Waals surface area contributed by atoms with Crippen LogP contribution in [-0.2, 0) is 0 Å². The molecule has 0 radical (unpaired) electrons. The summed E-state index contributed by atoms with van der Waals surface area (Å²) in [5.74, 6) is 3.98. The van der Waals surface area contributed by atoms with E-state index in [0.717, 1.165) is 30.1 Å². The van der Waals surface area contributed by atoms with Gasteiger partial charge in [0.05, 0.1) is 6.10 Å². The normalized spacial score (nSPS) is 57.9. The van der Waals surface area contributed by atoms with Crippen molar-refractivity contribution in [2.24, 2.45) is 56.7 Å². The van der Waals surface area contributed by atoms with Gasteiger partial charge in [-0.2, -0.15) is 0 Å². The summed E-state index contributed by atoms with van der Waals surface area (Å²) in [6.45, 7) is 22.3. The molecule has 5 saturated carbocycles. The van der Waals surface area contributed by atoms with Crippen molar-refractivity contribution in [1.82, 2.24) is 0 Å². The highest BCUT2D eigenvalue weighted by Gasteiger charge is 2.70. The highest BCUT2D eigenvalue weighted by Crippen LogP contribution is 2.77. The summed E-state index contributed by atoms with van der Waals surface area (Å²) in [5.41, 5.74) is 3.38. The minimum Gasteiger partial charge on any atom is -0.393 e. The van der Waals surface area contributed by atoms with Gasteiger partial charge in [0.2, 0.25) is 0 Å². The van der Waals surface area contributed by atoms with Crippen LogP contribution >= 0.6 is 0 Å². The zero-order valence-electron chi connectivity index (χ0n) is 21.7. The van der Waals surface area contributed by atoms with Gasteiger partial charge < -0.3 is 5.11 Å². The Labute approximate surface area is 192 Å². The van der Waals surface area contributed by atoms with Gasteiger partial charge in [0, 0.05) is 0 Å².